The Kier molecular flexibility index (Phi) is 5.17. The van der Waals surface area contributed by atoms with Crippen molar-refractivity contribution >= 4 is 28.8 Å². The molecule has 1 aliphatic heterocycles. The molecule has 4 rings (SSSR count). The van der Waals surface area contributed by atoms with Crippen molar-refractivity contribution in [3.63, 3.8) is 0 Å². The van der Waals surface area contributed by atoms with Gasteiger partial charge in [0.1, 0.15) is 5.82 Å². The van der Waals surface area contributed by atoms with Gasteiger partial charge in [0.25, 0.3) is 5.56 Å². The smallest absolute Gasteiger partial charge is 0.337 e. The van der Waals surface area contributed by atoms with Crippen LogP contribution in [0.4, 0.5) is 5.82 Å². The first-order valence-corrected chi connectivity index (χ1v) is 10.4. The van der Waals surface area contributed by atoms with Crippen LogP contribution in [0.25, 0.3) is 5.70 Å². The zero-order chi connectivity index (χ0) is 21.4. The second-order valence-corrected chi connectivity index (χ2v) is 7.90. The van der Waals surface area contributed by atoms with Gasteiger partial charge in [-0.25, -0.2) is 9.59 Å². The van der Waals surface area contributed by atoms with Gasteiger partial charge < -0.3 is 10.1 Å². The zero-order valence-corrected chi connectivity index (χ0v) is 17.7. The van der Waals surface area contributed by atoms with Gasteiger partial charge in [-0.05, 0) is 23.9 Å². The first-order chi connectivity index (χ1) is 14.5. The van der Waals surface area contributed by atoms with Crippen LogP contribution in [0.5, 0.6) is 0 Å². The van der Waals surface area contributed by atoms with Crippen LogP contribution in [0.2, 0.25) is 0 Å². The number of hydrogen-bond acceptors (Lipinski definition) is 6. The van der Waals surface area contributed by atoms with Crippen molar-refractivity contribution in [1.29, 1.82) is 0 Å². The van der Waals surface area contributed by atoms with Gasteiger partial charge in [-0.15, -0.1) is 11.3 Å². The molecule has 2 aromatic heterocycles. The van der Waals surface area contributed by atoms with Crippen LogP contribution in [0, 0.1) is 0 Å². The van der Waals surface area contributed by atoms with E-state index in [2.05, 4.69) is 5.32 Å². The minimum absolute atomic E-state index is 0.208. The summed E-state index contributed by atoms with van der Waals surface area (Å²) in [5, 5.41) is 5.10. The molecule has 8 heteroatoms. The Bertz CT molecular complexity index is 1250. The summed E-state index contributed by atoms with van der Waals surface area (Å²) in [5.41, 5.74) is 1.12. The van der Waals surface area contributed by atoms with Gasteiger partial charge in [0, 0.05) is 19.0 Å². The predicted molar refractivity (Wildman–Crippen MR) is 117 cm³/mol. The summed E-state index contributed by atoms with van der Waals surface area (Å²) in [6, 6.07) is 13.1. The standard InChI is InChI=1S/C22H21N3O4S/c1-4-29-21(27)16-15(14-11-8-12-30-14)17-19(24(2)22(28)25(3)20(17)26)23-18(16)13-9-6-5-7-10-13/h5-12,15,23H,4H2,1-3H3/t15-/m1/s1. The van der Waals surface area contributed by atoms with E-state index in [1.807, 2.05) is 47.8 Å². The number of esters is 1. The van der Waals surface area contributed by atoms with Crippen LogP contribution in [-0.2, 0) is 23.6 Å². The minimum atomic E-state index is -0.652. The van der Waals surface area contributed by atoms with Crippen molar-refractivity contribution < 1.29 is 9.53 Å². The van der Waals surface area contributed by atoms with Crippen LogP contribution in [0.15, 0.2) is 63.0 Å². The average Bonchev–Trinajstić information content (AvgIpc) is 3.30. The topological polar surface area (TPSA) is 82.3 Å². The molecule has 0 saturated heterocycles. The third kappa shape index (κ3) is 3.09. The van der Waals surface area contributed by atoms with Crippen LogP contribution in [-0.4, -0.2) is 21.7 Å². The summed E-state index contributed by atoms with van der Waals surface area (Å²) in [5.74, 6) is -0.766. The molecule has 1 aromatic carbocycles. The first-order valence-electron chi connectivity index (χ1n) is 9.52. The minimum Gasteiger partial charge on any atom is -0.463 e. The number of hydrogen-bond donors (Lipinski definition) is 1. The van der Waals surface area contributed by atoms with E-state index >= 15 is 0 Å². The molecule has 0 unspecified atom stereocenters. The molecule has 154 valence electrons. The Morgan fingerprint density at radius 1 is 1.10 bits per heavy atom. The summed E-state index contributed by atoms with van der Waals surface area (Å²) >= 11 is 1.45. The van der Waals surface area contributed by atoms with Gasteiger partial charge in [-0.1, -0.05) is 36.4 Å². The highest BCUT2D eigenvalue weighted by atomic mass is 32.1. The van der Waals surface area contributed by atoms with Gasteiger partial charge in [-0.3, -0.25) is 13.9 Å². The lowest BCUT2D eigenvalue weighted by Crippen LogP contribution is -2.43. The van der Waals surface area contributed by atoms with Crippen LogP contribution >= 0.6 is 11.3 Å². The largest absolute Gasteiger partial charge is 0.463 e. The monoisotopic (exact) mass is 423 g/mol. The second kappa shape index (κ2) is 7.79. The van der Waals surface area contributed by atoms with E-state index in [9.17, 15) is 14.4 Å². The van der Waals surface area contributed by atoms with Gasteiger partial charge in [0.15, 0.2) is 0 Å². The fourth-order valence-electron chi connectivity index (χ4n) is 3.76. The summed E-state index contributed by atoms with van der Waals surface area (Å²) in [6.07, 6.45) is 0. The lowest BCUT2D eigenvalue weighted by Gasteiger charge is -2.31. The van der Waals surface area contributed by atoms with Gasteiger partial charge in [0.05, 0.1) is 29.4 Å². The number of thiophene rings is 1. The van der Waals surface area contributed by atoms with E-state index in [0.717, 1.165) is 15.0 Å². The third-order valence-corrected chi connectivity index (χ3v) is 6.11. The Morgan fingerprint density at radius 3 is 2.47 bits per heavy atom. The lowest BCUT2D eigenvalue weighted by atomic mass is 9.84. The molecule has 0 spiro atoms. The Balaban J connectivity index is 2.12. The van der Waals surface area contributed by atoms with Crippen LogP contribution in [0.1, 0.15) is 28.8 Å². The maximum atomic E-state index is 13.2. The van der Waals surface area contributed by atoms with E-state index in [-0.39, 0.29) is 6.61 Å². The van der Waals surface area contributed by atoms with Gasteiger partial charge in [0.2, 0.25) is 0 Å². The SMILES string of the molecule is CCOC(=O)C1=C(c2ccccc2)Nc2c(c(=O)n(C)c(=O)n2C)[C@@H]1c1cccs1. The number of ether oxygens (including phenoxy) is 1. The Hall–Kier alpha value is -3.39. The van der Waals surface area contributed by atoms with Gasteiger partial charge in [-0.2, -0.15) is 0 Å². The quantitative estimate of drug-likeness (QED) is 0.653. The summed E-state index contributed by atoms with van der Waals surface area (Å²) < 4.78 is 7.86. The average molecular weight is 423 g/mol. The fourth-order valence-corrected chi connectivity index (χ4v) is 4.60. The highest BCUT2D eigenvalue weighted by Crippen LogP contribution is 2.44. The third-order valence-electron chi connectivity index (χ3n) is 5.18. The molecule has 1 atom stereocenters. The molecule has 3 aromatic rings. The molecule has 0 saturated carbocycles. The van der Waals surface area contributed by atoms with Crippen molar-refractivity contribution in [2.75, 3.05) is 11.9 Å². The number of carbonyl (C=O) groups excluding carboxylic acids is 1. The summed E-state index contributed by atoms with van der Waals surface area (Å²) in [4.78, 5) is 39.8. The highest BCUT2D eigenvalue weighted by Gasteiger charge is 2.39. The summed E-state index contributed by atoms with van der Waals surface area (Å²) in [6.45, 7) is 1.95. The van der Waals surface area contributed by atoms with Crippen molar-refractivity contribution in [2.24, 2.45) is 14.1 Å². The number of benzene rings is 1. The van der Waals surface area contributed by atoms with E-state index in [0.29, 0.717) is 22.7 Å². The molecule has 1 aliphatic rings. The normalized spacial score (nSPS) is 15.5. The molecule has 1 N–H and O–H groups in total. The van der Waals surface area contributed by atoms with Crippen molar-refractivity contribution in [3.05, 3.63) is 90.3 Å². The maximum absolute atomic E-state index is 13.2. The summed E-state index contributed by atoms with van der Waals surface area (Å²) in [7, 11) is 3.05. The van der Waals surface area contributed by atoms with Crippen LogP contribution < -0.4 is 16.6 Å². The van der Waals surface area contributed by atoms with E-state index < -0.39 is 23.1 Å². The maximum Gasteiger partial charge on any atom is 0.337 e. The van der Waals surface area contributed by atoms with Crippen molar-refractivity contribution in [3.8, 4) is 0 Å². The second-order valence-electron chi connectivity index (χ2n) is 6.92. The molecular formula is C22H21N3O4S. The number of nitrogens with one attached hydrogen (secondary N) is 1. The molecule has 0 amide bonds. The van der Waals surface area contributed by atoms with E-state index in [1.165, 1.54) is 23.0 Å². The molecule has 7 nitrogen and oxygen atoms in total. The van der Waals surface area contributed by atoms with Crippen molar-refractivity contribution in [2.45, 2.75) is 12.8 Å². The number of fused-ring (bicyclic) bond motifs is 1. The van der Waals surface area contributed by atoms with E-state index in [1.54, 1.807) is 14.0 Å². The molecular weight excluding hydrogens is 402 g/mol. The number of nitrogens with zero attached hydrogens (tertiary/aromatic N) is 2. The number of aromatic nitrogens is 2. The Labute approximate surface area is 176 Å². The molecule has 0 fully saturated rings. The lowest BCUT2D eigenvalue weighted by molar-refractivity contribution is -0.138. The fraction of sp³-hybridized carbons (Fsp3) is 0.227. The molecule has 30 heavy (non-hydrogen) atoms. The number of anilines is 1. The van der Waals surface area contributed by atoms with Crippen LogP contribution in [0.3, 0.4) is 0 Å². The van der Waals surface area contributed by atoms with Crippen molar-refractivity contribution in [1.82, 2.24) is 9.13 Å². The highest BCUT2D eigenvalue weighted by molar-refractivity contribution is 7.10. The van der Waals surface area contributed by atoms with Gasteiger partial charge >= 0.3 is 11.7 Å². The molecule has 0 bridgehead atoms. The molecule has 0 aliphatic carbocycles. The number of carbonyl (C=O) groups is 1. The predicted octanol–water partition coefficient (Wildman–Crippen LogP) is 2.68. The van der Waals surface area contributed by atoms with E-state index in [4.69, 9.17) is 4.74 Å². The first kappa shape index (κ1) is 19.9. The molecule has 3 heterocycles. The molecule has 0 radical (unpaired) electrons. The number of rotatable bonds is 4. The Morgan fingerprint density at radius 2 is 1.83 bits per heavy atom. The zero-order valence-electron chi connectivity index (χ0n) is 16.8.